The third-order valence-electron chi connectivity index (χ3n) is 3.20. The Morgan fingerprint density at radius 1 is 1.11 bits per heavy atom. The minimum Gasteiger partial charge on any atom is -0.207 e. The molecule has 0 aliphatic heterocycles. The van der Waals surface area contributed by atoms with Crippen molar-refractivity contribution in [2.24, 2.45) is 0 Å². The highest BCUT2D eigenvalue weighted by Crippen LogP contribution is 2.33. The summed E-state index contributed by atoms with van der Waals surface area (Å²) < 4.78 is 14.3. The molecular formula is C16H15Br2F. The lowest BCUT2D eigenvalue weighted by Gasteiger charge is -2.14. The van der Waals surface area contributed by atoms with Gasteiger partial charge in [0.1, 0.15) is 5.82 Å². The number of alkyl halides is 1. The highest BCUT2D eigenvalue weighted by atomic mass is 79.9. The molecule has 0 spiro atoms. The summed E-state index contributed by atoms with van der Waals surface area (Å²) in [5.74, 6) is -0.205. The predicted octanol–water partition coefficient (Wildman–Crippen LogP) is 5.88. The van der Waals surface area contributed by atoms with Crippen molar-refractivity contribution in [2.75, 3.05) is 0 Å². The largest absolute Gasteiger partial charge is 0.207 e. The normalized spacial score (nSPS) is 12.5. The fourth-order valence-electron chi connectivity index (χ4n) is 2.08. The van der Waals surface area contributed by atoms with Crippen LogP contribution < -0.4 is 0 Å². The summed E-state index contributed by atoms with van der Waals surface area (Å²) >= 11 is 7.15. The van der Waals surface area contributed by atoms with Crippen molar-refractivity contribution in [3.05, 3.63) is 68.9 Å². The highest BCUT2D eigenvalue weighted by Gasteiger charge is 2.14. The van der Waals surface area contributed by atoms with Gasteiger partial charge in [0, 0.05) is 9.30 Å². The van der Waals surface area contributed by atoms with Gasteiger partial charge in [-0.2, -0.15) is 0 Å². The third-order valence-corrected chi connectivity index (χ3v) is 4.74. The van der Waals surface area contributed by atoms with Crippen LogP contribution in [0.25, 0.3) is 0 Å². The lowest BCUT2D eigenvalue weighted by molar-refractivity contribution is 0.624. The zero-order valence-electron chi connectivity index (χ0n) is 10.9. The van der Waals surface area contributed by atoms with Crippen LogP contribution >= 0.6 is 31.9 Å². The van der Waals surface area contributed by atoms with Crippen molar-refractivity contribution in [3.8, 4) is 0 Å². The molecule has 0 bridgehead atoms. The minimum atomic E-state index is -0.205. The third kappa shape index (κ3) is 3.67. The zero-order chi connectivity index (χ0) is 14.0. The predicted molar refractivity (Wildman–Crippen MR) is 85.4 cm³/mol. The van der Waals surface area contributed by atoms with Crippen LogP contribution in [0.15, 0.2) is 40.9 Å². The van der Waals surface area contributed by atoms with Crippen molar-refractivity contribution in [1.82, 2.24) is 0 Å². The Bertz CT molecular complexity index is 593. The van der Waals surface area contributed by atoms with E-state index in [4.69, 9.17) is 0 Å². The van der Waals surface area contributed by atoms with Crippen LogP contribution in [-0.4, -0.2) is 0 Å². The molecule has 0 fully saturated rings. The van der Waals surface area contributed by atoms with Gasteiger partial charge in [0.15, 0.2) is 0 Å². The first-order valence-corrected chi connectivity index (χ1v) is 7.83. The molecule has 3 heteroatoms. The summed E-state index contributed by atoms with van der Waals surface area (Å²) in [7, 11) is 0. The number of rotatable bonds is 3. The molecule has 0 aliphatic rings. The SMILES string of the molecule is Cc1ccc(C)c(CC(Br)c2cc(F)ccc2Br)c1. The number of benzene rings is 2. The van der Waals surface area contributed by atoms with Gasteiger partial charge in [-0.15, -0.1) is 0 Å². The van der Waals surface area contributed by atoms with E-state index in [1.54, 1.807) is 12.1 Å². The van der Waals surface area contributed by atoms with Gasteiger partial charge in [-0.25, -0.2) is 4.39 Å². The van der Waals surface area contributed by atoms with Crippen molar-refractivity contribution in [3.63, 3.8) is 0 Å². The lowest BCUT2D eigenvalue weighted by Crippen LogP contribution is -1.99. The van der Waals surface area contributed by atoms with Crippen LogP contribution in [0.3, 0.4) is 0 Å². The van der Waals surface area contributed by atoms with Crippen molar-refractivity contribution < 1.29 is 4.39 Å². The molecule has 2 aromatic carbocycles. The summed E-state index contributed by atoms with van der Waals surface area (Å²) in [6.45, 7) is 4.19. The number of hydrogen-bond acceptors (Lipinski definition) is 0. The second kappa shape index (κ2) is 6.19. The quantitative estimate of drug-likeness (QED) is 0.578. The second-order valence-corrected chi connectivity index (χ2v) is 6.73. The van der Waals surface area contributed by atoms with E-state index in [9.17, 15) is 4.39 Å². The molecule has 19 heavy (non-hydrogen) atoms. The van der Waals surface area contributed by atoms with E-state index in [-0.39, 0.29) is 10.6 Å². The smallest absolute Gasteiger partial charge is 0.123 e. The van der Waals surface area contributed by atoms with Crippen LogP contribution in [0.2, 0.25) is 0 Å². The summed E-state index contributed by atoms with van der Waals surface area (Å²) in [5.41, 5.74) is 4.75. The molecule has 0 saturated heterocycles. The zero-order valence-corrected chi connectivity index (χ0v) is 14.1. The maximum atomic E-state index is 13.3. The van der Waals surface area contributed by atoms with Gasteiger partial charge in [0.25, 0.3) is 0 Å². The summed E-state index contributed by atoms with van der Waals surface area (Å²) in [6.07, 6.45) is 0.843. The van der Waals surface area contributed by atoms with Gasteiger partial charge in [-0.05, 0) is 55.2 Å². The first-order valence-electron chi connectivity index (χ1n) is 6.12. The van der Waals surface area contributed by atoms with E-state index in [0.717, 1.165) is 16.5 Å². The van der Waals surface area contributed by atoms with Gasteiger partial charge in [-0.1, -0.05) is 55.6 Å². The Balaban J connectivity index is 2.27. The van der Waals surface area contributed by atoms with Crippen LogP contribution in [0.5, 0.6) is 0 Å². The minimum absolute atomic E-state index is 0.0954. The van der Waals surface area contributed by atoms with Crippen LogP contribution in [0.4, 0.5) is 4.39 Å². The van der Waals surface area contributed by atoms with Gasteiger partial charge in [-0.3, -0.25) is 0 Å². The van der Waals surface area contributed by atoms with E-state index in [1.807, 2.05) is 0 Å². The number of halogens is 3. The maximum Gasteiger partial charge on any atom is 0.123 e. The monoisotopic (exact) mass is 384 g/mol. The van der Waals surface area contributed by atoms with Crippen molar-refractivity contribution >= 4 is 31.9 Å². The van der Waals surface area contributed by atoms with Crippen LogP contribution in [-0.2, 0) is 6.42 Å². The number of aryl methyl sites for hydroxylation is 2. The summed E-state index contributed by atoms with van der Waals surface area (Å²) in [6, 6.07) is 11.2. The Hall–Kier alpha value is -0.670. The standard InChI is InChI=1S/C16H15Br2F/c1-10-3-4-11(2)12(7-10)8-16(18)14-9-13(19)5-6-15(14)17/h3-7,9,16H,8H2,1-2H3. The maximum absolute atomic E-state index is 13.3. The fraction of sp³-hybridized carbons (Fsp3) is 0.250. The molecule has 0 saturated carbocycles. The van der Waals surface area contributed by atoms with E-state index in [2.05, 4.69) is 63.9 Å². The fourth-order valence-corrected chi connectivity index (χ4v) is 3.64. The molecular weight excluding hydrogens is 371 g/mol. The van der Waals surface area contributed by atoms with E-state index in [1.165, 1.54) is 22.8 Å². The van der Waals surface area contributed by atoms with Crippen LogP contribution in [0, 0.1) is 19.7 Å². The van der Waals surface area contributed by atoms with E-state index in [0.29, 0.717) is 0 Å². The molecule has 1 atom stereocenters. The van der Waals surface area contributed by atoms with Crippen molar-refractivity contribution in [2.45, 2.75) is 25.1 Å². The second-order valence-electron chi connectivity index (χ2n) is 4.77. The lowest BCUT2D eigenvalue weighted by atomic mass is 9.98. The molecule has 0 aliphatic carbocycles. The van der Waals surface area contributed by atoms with E-state index >= 15 is 0 Å². The molecule has 2 rings (SSSR count). The van der Waals surface area contributed by atoms with Crippen molar-refractivity contribution in [1.29, 1.82) is 0 Å². The summed E-state index contributed by atoms with van der Waals surface area (Å²) in [4.78, 5) is 0.0954. The van der Waals surface area contributed by atoms with Gasteiger partial charge in [0.05, 0.1) is 0 Å². The highest BCUT2D eigenvalue weighted by molar-refractivity contribution is 9.11. The molecule has 2 aromatic rings. The van der Waals surface area contributed by atoms with Gasteiger partial charge in [0.2, 0.25) is 0 Å². The first kappa shape index (κ1) is 14.7. The van der Waals surface area contributed by atoms with Gasteiger partial charge >= 0.3 is 0 Å². The molecule has 0 radical (unpaired) electrons. The molecule has 0 N–H and O–H groups in total. The van der Waals surface area contributed by atoms with Gasteiger partial charge < -0.3 is 0 Å². The Kier molecular flexibility index (Phi) is 4.80. The number of hydrogen-bond donors (Lipinski definition) is 0. The van der Waals surface area contributed by atoms with E-state index < -0.39 is 0 Å². The summed E-state index contributed by atoms with van der Waals surface area (Å²) in [5, 5.41) is 0. The average molecular weight is 386 g/mol. The Morgan fingerprint density at radius 2 is 1.84 bits per heavy atom. The first-order chi connectivity index (χ1) is 8.97. The topological polar surface area (TPSA) is 0 Å². The average Bonchev–Trinajstić information content (AvgIpc) is 2.36. The molecule has 0 amide bonds. The Labute approximate surface area is 130 Å². The molecule has 1 unspecified atom stereocenters. The molecule has 0 nitrogen and oxygen atoms in total. The molecule has 0 aromatic heterocycles. The Morgan fingerprint density at radius 3 is 2.58 bits per heavy atom. The van der Waals surface area contributed by atoms with Crippen LogP contribution in [0.1, 0.15) is 27.1 Å². The molecule has 100 valence electrons. The molecule has 0 heterocycles.